The highest BCUT2D eigenvalue weighted by Gasteiger charge is 2.52. The molecule has 1 aliphatic rings. The lowest BCUT2D eigenvalue weighted by molar-refractivity contribution is 0.00578. The van der Waals surface area contributed by atoms with Crippen molar-refractivity contribution >= 4 is 35.8 Å². The van der Waals surface area contributed by atoms with E-state index in [2.05, 4.69) is 0 Å². The van der Waals surface area contributed by atoms with Crippen molar-refractivity contribution in [1.82, 2.24) is 0 Å². The van der Waals surface area contributed by atoms with Crippen LogP contribution in [0.4, 0.5) is 0 Å². The van der Waals surface area contributed by atoms with E-state index in [4.69, 9.17) is 37.8 Å². The average molecular weight is 298 g/mol. The van der Waals surface area contributed by atoms with Crippen LogP contribution in [0.15, 0.2) is 12.1 Å². The maximum Gasteiger partial charge on any atom is 0.496 e. The third kappa shape index (κ3) is 2.48. The van der Waals surface area contributed by atoms with Crippen LogP contribution in [-0.4, -0.2) is 18.3 Å². The highest BCUT2D eigenvalue weighted by Crippen LogP contribution is 2.37. The highest BCUT2D eigenvalue weighted by atomic mass is 35.5. The predicted octanol–water partition coefficient (Wildman–Crippen LogP) is 3.16. The number of nitrogens with zero attached hydrogens (tertiary/aromatic N) is 1. The second-order valence-electron chi connectivity index (χ2n) is 5.55. The fourth-order valence-corrected chi connectivity index (χ4v) is 2.27. The van der Waals surface area contributed by atoms with Crippen LogP contribution in [-0.2, 0) is 9.31 Å². The van der Waals surface area contributed by atoms with Crippen LogP contribution in [0.25, 0.3) is 0 Å². The minimum absolute atomic E-state index is 0.340. The summed E-state index contributed by atoms with van der Waals surface area (Å²) in [5.74, 6) is 0. The molecule has 0 amide bonds. The van der Waals surface area contributed by atoms with Gasteiger partial charge in [-0.2, -0.15) is 5.26 Å². The van der Waals surface area contributed by atoms with E-state index in [1.165, 1.54) is 6.07 Å². The van der Waals surface area contributed by atoms with E-state index in [9.17, 15) is 0 Å². The largest absolute Gasteiger partial charge is 0.496 e. The first kappa shape index (κ1) is 14.7. The molecule has 1 aromatic carbocycles. The van der Waals surface area contributed by atoms with Gasteiger partial charge in [-0.25, -0.2) is 0 Å². The number of benzene rings is 1. The van der Waals surface area contributed by atoms with Crippen LogP contribution >= 0.6 is 23.2 Å². The number of hydrogen-bond acceptors (Lipinski definition) is 3. The van der Waals surface area contributed by atoms with Gasteiger partial charge in [0.05, 0.1) is 21.8 Å². The quantitative estimate of drug-likeness (QED) is 0.748. The summed E-state index contributed by atoms with van der Waals surface area (Å²) in [5, 5.41) is 9.67. The van der Waals surface area contributed by atoms with Gasteiger partial charge in [0, 0.05) is 10.5 Å². The Bertz CT molecular complexity index is 550. The summed E-state index contributed by atoms with van der Waals surface area (Å²) in [6.45, 7) is 7.86. The molecule has 2 rings (SSSR count). The molecular weight excluding hydrogens is 284 g/mol. The van der Waals surface area contributed by atoms with Gasteiger partial charge in [0.15, 0.2) is 0 Å². The highest BCUT2D eigenvalue weighted by molar-refractivity contribution is 6.66. The van der Waals surface area contributed by atoms with Gasteiger partial charge in [-0.1, -0.05) is 23.2 Å². The molecule has 0 bridgehead atoms. The number of halogens is 2. The van der Waals surface area contributed by atoms with E-state index in [1.54, 1.807) is 6.07 Å². The molecule has 1 aromatic rings. The van der Waals surface area contributed by atoms with E-state index < -0.39 is 18.3 Å². The standard InChI is InChI=1S/C13H14BCl2NO2/c1-12(2)13(3,4)19-14(18-12)9-6-10(15)8(7-17)5-11(9)16/h5-6H,1-4H3. The summed E-state index contributed by atoms with van der Waals surface area (Å²) < 4.78 is 11.8. The van der Waals surface area contributed by atoms with Crippen LogP contribution in [0.3, 0.4) is 0 Å². The summed E-state index contributed by atoms with van der Waals surface area (Å²) in [6.07, 6.45) is 0. The van der Waals surface area contributed by atoms with Crippen LogP contribution < -0.4 is 5.46 Å². The topological polar surface area (TPSA) is 42.2 Å². The van der Waals surface area contributed by atoms with Crippen LogP contribution in [0.2, 0.25) is 10.0 Å². The van der Waals surface area contributed by atoms with Crippen molar-refractivity contribution in [2.24, 2.45) is 0 Å². The minimum atomic E-state index is -0.581. The van der Waals surface area contributed by atoms with Crippen molar-refractivity contribution in [1.29, 1.82) is 5.26 Å². The lowest BCUT2D eigenvalue weighted by Crippen LogP contribution is -2.41. The molecule has 100 valence electrons. The van der Waals surface area contributed by atoms with E-state index in [1.807, 2.05) is 33.8 Å². The summed E-state index contributed by atoms with van der Waals surface area (Å²) in [4.78, 5) is 0. The number of nitriles is 1. The summed E-state index contributed by atoms with van der Waals surface area (Å²) in [6, 6.07) is 5.15. The zero-order valence-electron chi connectivity index (χ0n) is 11.3. The molecule has 0 N–H and O–H groups in total. The van der Waals surface area contributed by atoms with Gasteiger partial charge in [-0.3, -0.25) is 0 Å². The predicted molar refractivity (Wildman–Crippen MR) is 76.9 cm³/mol. The van der Waals surface area contributed by atoms with Crippen molar-refractivity contribution in [3.63, 3.8) is 0 Å². The Labute approximate surface area is 123 Å². The Balaban J connectivity index is 2.41. The van der Waals surface area contributed by atoms with Crippen LogP contribution in [0, 0.1) is 11.3 Å². The van der Waals surface area contributed by atoms with Crippen molar-refractivity contribution in [2.45, 2.75) is 38.9 Å². The lowest BCUT2D eigenvalue weighted by Gasteiger charge is -2.32. The normalized spacial score (nSPS) is 20.4. The van der Waals surface area contributed by atoms with Gasteiger partial charge in [-0.05, 0) is 39.8 Å². The molecule has 0 saturated carbocycles. The first-order chi connectivity index (χ1) is 8.68. The fraction of sp³-hybridized carbons (Fsp3) is 0.462. The molecule has 1 heterocycles. The Hall–Kier alpha value is -0.725. The Kier molecular flexibility index (Phi) is 3.61. The number of hydrogen-bond donors (Lipinski definition) is 0. The molecule has 1 saturated heterocycles. The molecule has 6 heteroatoms. The lowest BCUT2D eigenvalue weighted by atomic mass is 9.78. The molecule has 1 aliphatic heterocycles. The summed E-state index contributed by atoms with van der Waals surface area (Å²) in [7, 11) is -0.581. The second kappa shape index (κ2) is 4.68. The molecule has 0 atom stereocenters. The van der Waals surface area contributed by atoms with Crippen molar-refractivity contribution in [3.8, 4) is 6.07 Å². The smallest absolute Gasteiger partial charge is 0.399 e. The molecule has 0 spiro atoms. The Morgan fingerprint density at radius 1 is 1.05 bits per heavy atom. The maximum atomic E-state index is 8.91. The maximum absolute atomic E-state index is 8.91. The van der Waals surface area contributed by atoms with Crippen molar-refractivity contribution in [3.05, 3.63) is 27.7 Å². The first-order valence-electron chi connectivity index (χ1n) is 5.92. The molecule has 0 aromatic heterocycles. The Morgan fingerprint density at radius 3 is 2.05 bits per heavy atom. The van der Waals surface area contributed by atoms with Gasteiger partial charge in [0.25, 0.3) is 0 Å². The van der Waals surface area contributed by atoms with Crippen LogP contribution in [0.1, 0.15) is 33.3 Å². The molecular formula is C13H14BCl2NO2. The summed E-state index contributed by atoms with van der Waals surface area (Å²) >= 11 is 12.2. The van der Waals surface area contributed by atoms with E-state index in [-0.39, 0.29) is 0 Å². The number of rotatable bonds is 1. The van der Waals surface area contributed by atoms with E-state index in [0.717, 1.165) is 0 Å². The fourth-order valence-electron chi connectivity index (χ4n) is 1.80. The third-order valence-corrected chi connectivity index (χ3v) is 4.35. The van der Waals surface area contributed by atoms with Gasteiger partial charge < -0.3 is 9.31 Å². The van der Waals surface area contributed by atoms with Crippen LogP contribution in [0.5, 0.6) is 0 Å². The van der Waals surface area contributed by atoms with Gasteiger partial charge in [0.2, 0.25) is 0 Å². The zero-order valence-corrected chi connectivity index (χ0v) is 12.8. The molecule has 1 fully saturated rings. The SMILES string of the molecule is CC1(C)OB(c2cc(Cl)c(C#N)cc2Cl)OC1(C)C. The first-order valence-corrected chi connectivity index (χ1v) is 6.68. The Morgan fingerprint density at radius 2 is 1.58 bits per heavy atom. The van der Waals surface area contributed by atoms with E-state index >= 15 is 0 Å². The van der Waals surface area contributed by atoms with Crippen molar-refractivity contribution in [2.75, 3.05) is 0 Å². The molecule has 3 nitrogen and oxygen atoms in total. The average Bonchev–Trinajstić information content (AvgIpc) is 2.50. The molecule has 0 aliphatic carbocycles. The van der Waals surface area contributed by atoms with Gasteiger partial charge >= 0.3 is 7.12 Å². The molecule has 0 unspecified atom stereocenters. The zero-order chi connectivity index (χ0) is 14.4. The monoisotopic (exact) mass is 297 g/mol. The molecule has 19 heavy (non-hydrogen) atoms. The minimum Gasteiger partial charge on any atom is -0.399 e. The third-order valence-electron chi connectivity index (χ3n) is 3.71. The molecule has 0 radical (unpaired) electrons. The van der Waals surface area contributed by atoms with E-state index in [0.29, 0.717) is 21.1 Å². The van der Waals surface area contributed by atoms with Crippen molar-refractivity contribution < 1.29 is 9.31 Å². The van der Waals surface area contributed by atoms with Gasteiger partial charge in [0.1, 0.15) is 6.07 Å². The summed E-state index contributed by atoms with van der Waals surface area (Å²) in [5.41, 5.74) is 0.0965. The van der Waals surface area contributed by atoms with Gasteiger partial charge in [-0.15, -0.1) is 0 Å². The second-order valence-corrected chi connectivity index (χ2v) is 6.37.